The minimum Gasteiger partial charge on any atom is -0.455 e. The van der Waals surface area contributed by atoms with Crippen LogP contribution in [0.2, 0.25) is 5.02 Å². The number of ether oxygens (including phenoxy) is 1. The van der Waals surface area contributed by atoms with E-state index < -0.39 is 24.4 Å². The lowest BCUT2D eigenvalue weighted by Gasteiger charge is -2.23. The highest BCUT2D eigenvalue weighted by Crippen LogP contribution is 2.26. The summed E-state index contributed by atoms with van der Waals surface area (Å²) in [7, 11) is 0. The van der Waals surface area contributed by atoms with Gasteiger partial charge in [-0.15, -0.1) is 0 Å². The lowest BCUT2D eigenvalue weighted by Crippen LogP contribution is -2.43. The van der Waals surface area contributed by atoms with Crippen LogP contribution in [0.5, 0.6) is 0 Å². The number of esters is 1. The molecule has 8 nitrogen and oxygen atoms in total. The van der Waals surface area contributed by atoms with Gasteiger partial charge in [0.25, 0.3) is 11.8 Å². The Labute approximate surface area is 201 Å². The molecule has 0 bridgehead atoms. The first kappa shape index (κ1) is 24.5. The van der Waals surface area contributed by atoms with Gasteiger partial charge in [-0.3, -0.25) is 34.9 Å². The Hall–Kier alpha value is -4.17. The van der Waals surface area contributed by atoms with Crippen molar-refractivity contribution in [3.63, 3.8) is 0 Å². The molecule has 2 N–H and O–H groups in total. The van der Waals surface area contributed by atoms with Gasteiger partial charge in [0.05, 0.1) is 6.42 Å². The molecule has 0 aliphatic heterocycles. The van der Waals surface area contributed by atoms with Crippen molar-refractivity contribution in [3.8, 4) is 0 Å². The topological polar surface area (TPSA) is 105 Å². The van der Waals surface area contributed by atoms with E-state index >= 15 is 0 Å². The number of rotatable bonds is 8. The maximum atomic E-state index is 12.9. The highest BCUT2D eigenvalue weighted by atomic mass is 35.5. The van der Waals surface area contributed by atoms with E-state index in [4.69, 9.17) is 16.3 Å². The van der Waals surface area contributed by atoms with Crippen LogP contribution in [0.1, 0.15) is 23.2 Å². The molecule has 0 aromatic heterocycles. The smallest absolute Gasteiger partial charge is 0.306 e. The monoisotopic (exact) mass is 479 g/mol. The summed E-state index contributed by atoms with van der Waals surface area (Å²) in [5.41, 5.74) is 5.99. The third-order valence-corrected chi connectivity index (χ3v) is 4.86. The van der Waals surface area contributed by atoms with Gasteiger partial charge >= 0.3 is 5.97 Å². The molecule has 0 atom stereocenters. The Morgan fingerprint density at radius 2 is 1.29 bits per heavy atom. The van der Waals surface area contributed by atoms with Crippen LogP contribution in [0.25, 0.3) is 0 Å². The van der Waals surface area contributed by atoms with Crippen molar-refractivity contribution < 1.29 is 23.9 Å². The maximum Gasteiger partial charge on any atom is 0.306 e. The summed E-state index contributed by atoms with van der Waals surface area (Å²) in [6.07, 6.45) is -0.322. The van der Waals surface area contributed by atoms with Crippen molar-refractivity contribution >= 4 is 46.7 Å². The molecule has 0 fully saturated rings. The highest BCUT2D eigenvalue weighted by Gasteiger charge is 2.19. The molecular weight excluding hydrogens is 458 g/mol. The van der Waals surface area contributed by atoms with E-state index in [0.717, 1.165) is 0 Å². The number of amides is 3. The summed E-state index contributed by atoms with van der Waals surface area (Å²) >= 11 is 5.77. The summed E-state index contributed by atoms with van der Waals surface area (Å²) in [4.78, 5) is 50.3. The van der Waals surface area contributed by atoms with Crippen molar-refractivity contribution in [2.24, 2.45) is 0 Å². The molecule has 0 heterocycles. The molecule has 0 spiro atoms. The summed E-state index contributed by atoms with van der Waals surface area (Å²) in [6.45, 7) is -0.602. The molecule has 3 aromatic rings. The number of nitrogens with one attached hydrogen (secondary N) is 2. The number of benzene rings is 3. The van der Waals surface area contributed by atoms with Crippen LogP contribution < -0.4 is 15.8 Å². The Bertz CT molecular complexity index is 1100. The largest absolute Gasteiger partial charge is 0.455 e. The Balaban J connectivity index is 1.46. The summed E-state index contributed by atoms with van der Waals surface area (Å²) < 4.78 is 4.91. The Morgan fingerprint density at radius 1 is 0.735 bits per heavy atom. The fourth-order valence-corrected chi connectivity index (χ4v) is 3.09. The molecule has 0 aliphatic carbocycles. The van der Waals surface area contributed by atoms with Crippen molar-refractivity contribution in [1.82, 2.24) is 10.9 Å². The number of hydrogen-bond donors (Lipinski definition) is 2. The minimum absolute atomic E-state index is 0.114. The van der Waals surface area contributed by atoms with Gasteiger partial charge in [0.2, 0.25) is 5.91 Å². The normalized spacial score (nSPS) is 10.1. The van der Waals surface area contributed by atoms with Crippen LogP contribution in [0.3, 0.4) is 0 Å². The second kappa shape index (κ2) is 12.2. The zero-order valence-electron chi connectivity index (χ0n) is 18.1. The number of carbonyl (C=O) groups is 4. The van der Waals surface area contributed by atoms with E-state index in [2.05, 4.69) is 10.9 Å². The van der Waals surface area contributed by atoms with E-state index in [1.54, 1.807) is 24.3 Å². The van der Waals surface area contributed by atoms with Gasteiger partial charge in [0.15, 0.2) is 6.61 Å². The van der Waals surface area contributed by atoms with Crippen LogP contribution in [-0.4, -0.2) is 30.3 Å². The number of hydrogen-bond acceptors (Lipinski definition) is 5. The third-order valence-electron chi connectivity index (χ3n) is 4.61. The molecule has 3 rings (SSSR count). The molecule has 0 saturated carbocycles. The summed E-state index contributed by atoms with van der Waals surface area (Å²) in [5.74, 6) is -2.29. The predicted octanol–water partition coefficient (Wildman–Crippen LogP) is 3.79. The van der Waals surface area contributed by atoms with Crippen molar-refractivity contribution in [1.29, 1.82) is 0 Å². The van der Waals surface area contributed by atoms with Crippen LogP contribution >= 0.6 is 11.6 Å². The molecule has 9 heteroatoms. The van der Waals surface area contributed by atoms with E-state index in [9.17, 15) is 19.2 Å². The zero-order chi connectivity index (χ0) is 24.3. The first-order chi connectivity index (χ1) is 16.4. The highest BCUT2D eigenvalue weighted by molar-refractivity contribution is 6.30. The number of anilines is 2. The molecule has 0 saturated heterocycles. The Morgan fingerprint density at radius 3 is 1.85 bits per heavy atom. The van der Waals surface area contributed by atoms with Crippen molar-refractivity contribution in [2.45, 2.75) is 12.8 Å². The molecule has 0 unspecified atom stereocenters. The van der Waals surface area contributed by atoms with Gasteiger partial charge in [0, 0.05) is 28.4 Å². The Kier molecular flexibility index (Phi) is 8.76. The van der Waals surface area contributed by atoms with E-state index in [-0.39, 0.29) is 18.7 Å². The maximum absolute atomic E-state index is 12.9. The first-order valence-corrected chi connectivity index (χ1v) is 10.8. The molecule has 3 aromatic carbocycles. The molecule has 34 heavy (non-hydrogen) atoms. The summed E-state index contributed by atoms with van der Waals surface area (Å²) in [5, 5.41) is 0.474. The second-order valence-electron chi connectivity index (χ2n) is 7.07. The third kappa shape index (κ3) is 7.18. The van der Waals surface area contributed by atoms with Gasteiger partial charge in [0.1, 0.15) is 0 Å². The zero-order valence-corrected chi connectivity index (χ0v) is 18.8. The number of carbonyl (C=O) groups excluding carboxylic acids is 4. The van der Waals surface area contributed by atoms with Crippen molar-refractivity contribution in [3.05, 3.63) is 95.5 Å². The average Bonchev–Trinajstić information content (AvgIpc) is 2.86. The standard InChI is InChI=1S/C25H22ClN3O5/c26-19-13-11-18(12-14-19)25(33)28-27-22(30)17-34-24(32)16-15-23(31)29(20-7-3-1-4-8-20)21-9-5-2-6-10-21/h1-14H,15-17H2,(H,27,30)(H,28,33). The summed E-state index contributed by atoms with van der Waals surface area (Å²) in [6, 6.07) is 24.2. The quantitative estimate of drug-likeness (QED) is 0.378. The van der Waals surface area contributed by atoms with Gasteiger partial charge in [-0.1, -0.05) is 48.0 Å². The van der Waals surface area contributed by atoms with E-state index in [1.165, 1.54) is 29.2 Å². The molecule has 3 amide bonds. The fraction of sp³-hybridized carbons (Fsp3) is 0.120. The number of halogens is 1. The first-order valence-electron chi connectivity index (χ1n) is 10.4. The lowest BCUT2D eigenvalue weighted by molar-refractivity contribution is -0.149. The van der Waals surface area contributed by atoms with Gasteiger partial charge < -0.3 is 4.74 Å². The second-order valence-corrected chi connectivity index (χ2v) is 7.51. The number of nitrogens with zero attached hydrogens (tertiary/aromatic N) is 1. The van der Waals surface area contributed by atoms with Crippen LogP contribution in [-0.2, 0) is 19.1 Å². The SMILES string of the molecule is O=C(COC(=O)CCC(=O)N(c1ccccc1)c1ccccc1)NNC(=O)c1ccc(Cl)cc1. The minimum atomic E-state index is -0.725. The molecule has 174 valence electrons. The fourth-order valence-electron chi connectivity index (χ4n) is 2.97. The predicted molar refractivity (Wildman–Crippen MR) is 127 cm³/mol. The van der Waals surface area contributed by atoms with Crippen molar-refractivity contribution in [2.75, 3.05) is 11.5 Å². The molecule has 0 radical (unpaired) electrons. The molecule has 0 aliphatic rings. The number of hydrazine groups is 1. The van der Waals surface area contributed by atoms with Gasteiger partial charge in [-0.05, 0) is 48.5 Å². The number of para-hydroxylation sites is 2. The average molecular weight is 480 g/mol. The van der Waals surface area contributed by atoms with Crippen LogP contribution in [0.15, 0.2) is 84.9 Å². The molecular formula is C25H22ClN3O5. The van der Waals surface area contributed by atoms with Gasteiger partial charge in [-0.25, -0.2) is 0 Å². The van der Waals surface area contributed by atoms with Crippen LogP contribution in [0, 0.1) is 0 Å². The van der Waals surface area contributed by atoms with Gasteiger partial charge in [-0.2, -0.15) is 0 Å². The van der Waals surface area contributed by atoms with Crippen LogP contribution in [0.4, 0.5) is 11.4 Å². The van der Waals surface area contributed by atoms with E-state index in [0.29, 0.717) is 22.0 Å². The lowest BCUT2D eigenvalue weighted by atomic mass is 10.2. The van der Waals surface area contributed by atoms with E-state index in [1.807, 2.05) is 36.4 Å².